The van der Waals surface area contributed by atoms with E-state index in [-0.39, 0.29) is 12.1 Å². The summed E-state index contributed by atoms with van der Waals surface area (Å²) in [5, 5.41) is 12.8. The lowest BCUT2D eigenvalue weighted by Gasteiger charge is -2.36. The van der Waals surface area contributed by atoms with E-state index in [2.05, 4.69) is 17.2 Å². The van der Waals surface area contributed by atoms with Crippen LogP contribution in [0.25, 0.3) is 0 Å². The second-order valence-electron chi connectivity index (χ2n) is 9.51. The van der Waals surface area contributed by atoms with Gasteiger partial charge in [-0.3, -0.25) is 10.1 Å². The minimum Gasteiger partial charge on any atom is -0.494 e. The number of thiazole rings is 1. The molecule has 1 fully saturated rings. The molecule has 1 aliphatic carbocycles. The lowest BCUT2D eigenvalue weighted by Crippen LogP contribution is -2.45. The number of carboxylic acid groups (broad SMARTS) is 1. The summed E-state index contributed by atoms with van der Waals surface area (Å²) in [5.74, 6) is 1.15. The standard InChI is InChI=1S/C25H35N3O4S2/c1-18-10-12-19(13-11-18)28(14-7-15-32-20-8-5-4-6-9-20)24(31)27-23-26-16-21(34-23)33-17-25(2,3)22(29)30/h4-6,8-9,16,18-19H,7,10-15,17H2,1-3H3,(H,29,30)(H,26,27,31)/t18-,19-. The number of nitrogens with one attached hydrogen (secondary N) is 1. The van der Waals surface area contributed by atoms with E-state index in [1.807, 2.05) is 35.2 Å². The normalized spacial score (nSPS) is 18.3. The van der Waals surface area contributed by atoms with Gasteiger partial charge in [0.15, 0.2) is 5.13 Å². The van der Waals surface area contributed by atoms with Crippen molar-refractivity contribution in [1.82, 2.24) is 9.88 Å². The molecule has 1 heterocycles. The molecule has 1 aromatic heterocycles. The second-order valence-corrected chi connectivity index (χ2v) is 11.8. The lowest BCUT2D eigenvalue weighted by atomic mass is 9.86. The van der Waals surface area contributed by atoms with Crippen molar-refractivity contribution in [3.63, 3.8) is 0 Å². The molecule has 1 aliphatic rings. The van der Waals surface area contributed by atoms with E-state index in [0.717, 1.165) is 42.1 Å². The smallest absolute Gasteiger partial charge is 0.323 e. The highest BCUT2D eigenvalue weighted by Crippen LogP contribution is 2.34. The maximum Gasteiger partial charge on any atom is 0.323 e. The third kappa shape index (κ3) is 7.91. The molecule has 2 N–H and O–H groups in total. The molecule has 0 aliphatic heterocycles. The van der Waals surface area contributed by atoms with Crippen LogP contribution in [0.1, 0.15) is 52.9 Å². The Bertz CT molecular complexity index is 927. The van der Waals surface area contributed by atoms with Crippen molar-refractivity contribution in [3.8, 4) is 5.75 Å². The van der Waals surface area contributed by atoms with Gasteiger partial charge in [0.2, 0.25) is 0 Å². The Morgan fingerprint density at radius 2 is 1.94 bits per heavy atom. The number of urea groups is 1. The number of amides is 2. The molecule has 0 radical (unpaired) electrons. The van der Waals surface area contributed by atoms with E-state index >= 15 is 0 Å². The molecule has 0 saturated heterocycles. The molecule has 34 heavy (non-hydrogen) atoms. The predicted molar refractivity (Wildman–Crippen MR) is 138 cm³/mol. The number of aromatic nitrogens is 1. The number of thioether (sulfide) groups is 1. The zero-order valence-electron chi connectivity index (χ0n) is 20.2. The van der Waals surface area contributed by atoms with Crippen LogP contribution in [0, 0.1) is 11.3 Å². The number of carbonyl (C=O) groups is 2. The van der Waals surface area contributed by atoms with Gasteiger partial charge >= 0.3 is 12.0 Å². The number of nitrogens with zero attached hydrogens (tertiary/aromatic N) is 2. The number of anilines is 1. The van der Waals surface area contributed by atoms with Crippen LogP contribution in [0.2, 0.25) is 0 Å². The molecule has 2 amide bonds. The number of aliphatic carboxylic acids is 1. The van der Waals surface area contributed by atoms with Gasteiger partial charge in [-0.2, -0.15) is 0 Å². The van der Waals surface area contributed by atoms with Crippen LogP contribution in [0.5, 0.6) is 5.75 Å². The van der Waals surface area contributed by atoms with Crippen LogP contribution >= 0.6 is 23.1 Å². The zero-order chi connectivity index (χ0) is 24.6. The van der Waals surface area contributed by atoms with Gasteiger partial charge in [-0.15, -0.1) is 11.8 Å². The summed E-state index contributed by atoms with van der Waals surface area (Å²) < 4.78 is 6.71. The van der Waals surface area contributed by atoms with Gasteiger partial charge in [-0.25, -0.2) is 9.78 Å². The number of carboxylic acids is 1. The van der Waals surface area contributed by atoms with Crippen molar-refractivity contribution >= 4 is 40.2 Å². The molecular formula is C25H35N3O4S2. The molecule has 186 valence electrons. The van der Waals surface area contributed by atoms with E-state index in [0.29, 0.717) is 30.0 Å². The largest absolute Gasteiger partial charge is 0.494 e. The minimum absolute atomic E-state index is 0.129. The molecule has 0 atom stereocenters. The predicted octanol–water partition coefficient (Wildman–Crippen LogP) is 6.23. The van der Waals surface area contributed by atoms with Crippen LogP contribution in [-0.4, -0.2) is 51.9 Å². The van der Waals surface area contributed by atoms with E-state index in [1.165, 1.54) is 23.1 Å². The van der Waals surface area contributed by atoms with Gasteiger partial charge < -0.3 is 14.7 Å². The molecular weight excluding hydrogens is 470 g/mol. The van der Waals surface area contributed by atoms with Gasteiger partial charge in [0, 0.05) is 18.3 Å². The number of benzene rings is 1. The topological polar surface area (TPSA) is 91.8 Å². The first kappa shape index (κ1) is 26.3. The fourth-order valence-electron chi connectivity index (χ4n) is 3.81. The summed E-state index contributed by atoms with van der Waals surface area (Å²) in [6.07, 6.45) is 6.73. The number of hydrogen-bond acceptors (Lipinski definition) is 6. The highest BCUT2D eigenvalue weighted by atomic mass is 32.2. The first-order chi connectivity index (χ1) is 16.2. The summed E-state index contributed by atoms with van der Waals surface area (Å²) in [6.45, 7) is 6.85. The van der Waals surface area contributed by atoms with Gasteiger partial charge in [-0.05, 0) is 64.0 Å². The van der Waals surface area contributed by atoms with Crippen molar-refractivity contribution in [2.75, 3.05) is 24.2 Å². The first-order valence-electron chi connectivity index (χ1n) is 11.8. The van der Waals surface area contributed by atoms with Gasteiger partial charge in [0.05, 0.1) is 22.4 Å². The third-order valence-corrected chi connectivity index (χ3v) is 8.66. The molecule has 1 aromatic carbocycles. The molecule has 0 bridgehead atoms. The van der Waals surface area contributed by atoms with E-state index < -0.39 is 11.4 Å². The minimum atomic E-state index is -0.827. The van der Waals surface area contributed by atoms with E-state index in [9.17, 15) is 14.7 Å². The SMILES string of the molecule is CC(C)(CSc1cnc(NC(=O)N(CCCOc2ccccc2)[C@H]2CC[C@H](C)CC2)s1)C(=O)O. The maximum absolute atomic E-state index is 13.2. The van der Waals surface area contributed by atoms with Crippen molar-refractivity contribution in [2.45, 2.75) is 63.1 Å². The number of para-hydroxylation sites is 1. The van der Waals surface area contributed by atoms with Crippen molar-refractivity contribution in [3.05, 3.63) is 36.5 Å². The number of ether oxygens (including phenoxy) is 1. The summed E-state index contributed by atoms with van der Waals surface area (Å²) in [5.41, 5.74) is -0.825. The monoisotopic (exact) mass is 505 g/mol. The number of rotatable bonds is 11. The fraction of sp³-hybridized carbons (Fsp3) is 0.560. The Hall–Kier alpha value is -2.26. The quantitative estimate of drug-likeness (QED) is 0.278. The summed E-state index contributed by atoms with van der Waals surface area (Å²) in [6, 6.07) is 9.81. The molecule has 9 heteroatoms. The molecule has 1 saturated carbocycles. The Kier molecular flexibility index (Phi) is 9.64. The first-order valence-corrected chi connectivity index (χ1v) is 13.6. The molecule has 2 aromatic rings. The zero-order valence-corrected chi connectivity index (χ0v) is 21.8. The molecule has 3 rings (SSSR count). The maximum atomic E-state index is 13.2. The Labute approximate surface area is 210 Å². The average molecular weight is 506 g/mol. The molecule has 7 nitrogen and oxygen atoms in total. The number of carbonyl (C=O) groups excluding carboxylic acids is 1. The van der Waals surface area contributed by atoms with Gasteiger partial charge in [0.1, 0.15) is 5.75 Å². The highest BCUT2D eigenvalue weighted by molar-refractivity contribution is 8.01. The highest BCUT2D eigenvalue weighted by Gasteiger charge is 2.29. The lowest BCUT2D eigenvalue weighted by molar-refractivity contribution is -0.145. The van der Waals surface area contributed by atoms with Crippen molar-refractivity contribution < 1.29 is 19.4 Å². The van der Waals surface area contributed by atoms with Crippen LogP contribution in [0.4, 0.5) is 9.93 Å². The van der Waals surface area contributed by atoms with E-state index in [1.54, 1.807) is 20.0 Å². The van der Waals surface area contributed by atoms with Crippen LogP contribution in [-0.2, 0) is 4.79 Å². The van der Waals surface area contributed by atoms with Crippen molar-refractivity contribution in [1.29, 1.82) is 0 Å². The average Bonchev–Trinajstić information content (AvgIpc) is 3.26. The third-order valence-electron chi connectivity index (χ3n) is 6.09. The molecule has 0 spiro atoms. The Morgan fingerprint density at radius 3 is 2.62 bits per heavy atom. The van der Waals surface area contributed by atoms with Gasteiger partial charge in [0.25, 0.3) is 0 Å². The Balaban J connectivity index is 1.56. The van der Waals surface area contributed by atoms with Crippen molar-refractivity contribution in [2.24, 2.45) is 11.3 Å². The summed E-state index contributed by atoms with van der Waals surface area (Å²) in [7, 11) is 0. The number of hydrogen-bond donors (Lipinski definition) is 2. The fourth-order valence-corrected chi connectivity index (χ4v) is 5.75. The van der Waals surface area contributed by atoms with Crippen LogP contribution < -0.4 is 10.1 Å². The summed E-state index contributed by atoms with van der Waals surface area (Å²) >= 11 is 2.83. The molecule has 0 unspecified atom stereocenters. The Morgan fingerprint density at radius 1 is 1.24 bits per heavy atom. The van der Waals surface area contributed by atoms with E-state index in [4.69, 9.17) is 4.74 Å². The van der Waals surface area contributed by atoms with Crippen LogP contribution in [0.3, 0.4) is 0 Å². The van der Waals surface area contributed by atoms with Crippen LogP contribution in [0.15, 0.2) is 40.7 Å². The van der Waals surface area contributed by atoms with Gasteiger partial charge in [-0.1, -0.05) is 36.5 Å². The second kappa shape index (κ2) is 12.4. The summed E-state index contributed by atoms with van der Waals surface area (Å²) in [4.78, 5) is 30.9.